The molecule has 0 fully saturated rings. The van der Waals surface area contributed by atoms with E-state index in [-0.39, 0.29) is 36.3 Å². The van der Waals surface area contributed by atoms with Gasteiger partial charge < -0.3 is 20.1 Å². The number of nitrogens with zero attached hydrogens (tertiary/aromatic N) is 1. The van der Waals surface area contributed by atoms with Gasteiger partial charge >= 0.3 is 0 Å². The number of hydrogen-bond acceptors (Lipinski definition) is 5. The smallest absolute Gasteiger partial charge is 0.191 e. The first kappa shape index (κ1) is 23.9. The lowest BCUT2D eigenvalue weighted by molar-refractivity contribution is 0.154. The van der Waals surface area contributed by atoms with Crippen LogP contribution in [0.5, 0.6) is 5.75 Å². The van der Waals surface area contributed by atoms with Gasteiger partial charge in [0.05, 0.1) is 26.1 Å². The Labute approximate surface area is 167 Å². The van der Waals surface area contributed by atoms with E-state index < -0.39 is 9.84 Å². The molecule has 0 aliphatic heterocycles. The zero-order valence-corrected chi connectivity index (χ0v) is 18.3. The van der Waals surface area contributed by atoms with Crippen LogP contribution in [-0.2, 0) is 21.1 Å². The quantitative estimate of drug-likeness (QED) is 0.238. The number of aryl methyl sites for hydroxylation is 1. The summed E-state index contributed by atoms with van der Waals surface area (Å²) in [4.78, 5) is 4.14. The molecule has 0 aliphatic carbocycles. The van der Waals surface area contributed by atoms with Crippen molar-refractivity contribution >= 4 is 39.8 Å². The van der Waals surface area contributed by atoms with Crippen molar-refractivity contribution in [1.29, 1.82) is 0 Å². The standard InChI is InChI=1S/C16H27N3O4S.HI/c1-13-5-6-14(15(11-13)22-3)12-19-16(17-2)18-7-8-23-9-10-24(4,20)21;/h5-6,11H,7-10,12H2,1-4H3,(H2,17,18,19);1H. The zero-order valence-electron chi connectivity index (χ0n) is 15.2. The maximum Gasteiger partial charge on any atom is 0.191 e. The molecule has 0 aromatic heterocycles. The van der Waals surface area contributed by atoms with Gasteiger partial charge in [-0.2, -0.15) is 0 Å². The SMILES string of the molecule is CN=C(NCCOCCS(C)(=O)=O)NCc1ccc(C)cc1OC.I. The Morgan fingerprint density at radius 2 is 1.96 bits per heavy atom. The number of methoxy groups -OCH3 is 1. The molecular formula is C16H28IN3O4S. The summed E-state index contributed by atoms with van der Waals surface area (Å²) in [5.41, 5.74) is 2.18. The lowest BCUT2D eigenvalue weighted by Gasteiger charge is -2.14. The lowest BCUT2D eigenvalue weighted by atomic mass is 10.1. The number of guanidine groups is 1. The molecule has 0 radical (unpaired) electrons. The maximum atomic E-state index is 11.0. The van der Waals surface area contributed by atoms with E-state index in [4.69, 9.17) is 9.47 Å². The van der Waals surface area contributed by atoms with Gasteiger partial charge in [-0.25, -0.2) is 8.42 Å². The molecule has 1 rings (SSSR count). The van der Waals surface area contributed by atoms with E-state index in [0.29, 0.717) is 25.7 Å². The fourth-order valence-corrected chi connectivity index (χ4v) is 2.37. The van der Waals surface area contributed by atoms with Gasteiger partial charge in [0.2, 0.25) is 0 Å². The van der Waals surface area contributed by atoms with Crippen LogP contribution in [0.15, 0.2) is 23.2 Å². The Morgan fingerprint density at radius 3 is 2.56 bits per heavy atom. The first-order valence-corrected chi connectivity index (χ1v) is 9.75. The van der Waals surface area contributed by atoms with Crippen LogP contribution in [0, 0.1) is 6.92 Å². The normalized spacial score (nSPS) is 11.6. The van der Waals surface area contributed by atoms with Crippen LogP contribution in [0.25, 0.3) is 0 Å². The minimum absolute atomic E-state index is 0. The molecule has 0 heterocycles. The van der Waals surface area contributed by atoms with E-state index in [1.807, 2.05) is 25.1 Å². The lowest BCUT2D eigenvalue weighted by Crippen LogP contribution is -2.38. The molecule has 7 nitrogen and oxygen atoms in total. The van der Waals surface area contributed by atoms with Crippen molar-refractivity contribution in [3.8, 4) is 5.75 Å². The minimum atomic E-state index is -2.97. The van der Waals surface area contributed by atoms with E-state index in [0.717, 1.165) is 16.9 Å². The average molecular weight is 485 g/mol. The van der Waals surface area contributed by atoms with Gasteiger partial charge in [-0.05, 0) is 18.6 Å². The van der Waals surface area contributed by atoms with Crippen molar-refractivity contribution in [2.24, 2.45) is 4.99 Å². The highest BCUT2D eigenvalue weighted by Crippen LogP contribution is 2.19. The average Bonchev–Trinajstić information content (AvgIpc) is 2.53. The fourth-order valence-electron chi connectivity index (χ4n) is 1.95. The second-order valence-electron chi connectivity index (χ2n) is 5.41. The Morgan fingerprint density at radius 1 is 1.24 bits per heavy atom. The van der Waals surface area contributed by atoms with Gasteiger partial charge in [-0.3, -0.25) is 4.99 Å². The summed E-state index contributed by atoms with van der Waals surface area (Å²) in [6.45, 7) is 3.74. The summed E-state index contributed by atoms with van der Waals surface area (Å²) < 4.78 is 32.6. The predicted molar refractivity (Wildman–Crippen MR) is 112 cm³/mol. The fraction of sp³-hybridized carbons (Fsp3) is 0.562. The molecule has 0 bridgehead atoms. The topological polar surface area (TPSA) is 89.0 Å². The molecule has 1 aromatic carbocycles. The second kappa shape index (κ2) is 12.3. The van der Waals surface area contributed by atoms with Crippen LogP contribution < -0.4 is 15.4 Å². The summed E-state index contributed by atoms with van der Waals surface area (Å²) in [5.74, 6) is 1.51. The van der Waals surface area contributed by atoms with Gasteiger partial charge in [-0.1, -0.05) is 12.1 Å². The second-order valence-corrected chi connectivity index (χ2v) is 7.67. The molecule has 0 saturated heterocycles. The number of ether oxygens (including phenoxy) is 2. The van der Waals surface area contributed by atoms with E-state index in [9.17, 15) is 8.42 Å². The number of sulfone groups is 1. The third kappa shape index (κ3) is 10.5. The van der Waals surface area contributed by atoms with Crippen molar-refractivity contribution in [2.75, 3.05) is 45.9 Å². The third-order valence-corrected chi connectivity index (χ3v) is 4.16. The number of nitrogens with one attached hydrogen (secondary N) is 2. The van der Waals surface area contributed by atoms with Gasteiger partial charge in [0.1, 0.15) is 15.6 Å². The van der Waals surface area contributed by atoms with E-state index >= 15 is 0 Å². The summed E-state index contributed by atoms with van der Waals surface area (Å²) in [7, 11) is 0.364. The highest BCUT2D eigenvalue weighted by molar-refractivity contribution is 14.0. The number of rotatable bonds is 9. The largest absolute Gasteiger partial charge is 0.496 e. The summed E-state index contributed by atoms with van der Waals surface area (Å²) >= 11 is 0. The highest BCUT2D eigenvalue weighted by atomic mass is 127. The molecule has 0 aliphatic rings. The van der Waals surface area contributed by atoms with Crippen LogP contribution in [-0.4, -0.2) is 60.3 Å². The van der Waals surface area contributed by atoms with Gasteiger partial charge in [0.15, 0.2) is 5.96 Å². The van der Waals surface area contributed by atoms with Crippen molar-refractivity contribution < 1.29 is 17.9 Å². The summed E-state index contributed by atoms with van der Waals surface area (Å²) in [6.07, 6.45) is 1.19. The number of halogens is 1. The number of benzene rings is 1. The number of aliphatic imine (C=N–C) groups is 1. The third-order valence-electron chi connectivity index (χ3n) is 3.25. The van der Waals surface area contributed by atoms with Crippen LogP contribution >= 0.6 is 24.0 Å². The van der Waals surface area contributed by atoms with Gasteiger partial charge in [0, 0.05) is 32.0 Å². The van der Waals surface area contributed by atoms with Crippen molar-refractivity contribution in [3.05, 3.63) is 29.3 Å². The molecule has 0 amide bonds. The van der Waals surface area contributed by atoms with Gasteiger partial charge in [-0.15, -0.1) is 24.0 Å². The first-order valence-electron chi connectivity index (χ1n) is 7.69. The Hall–Kier alpha value is -1.07. The monoisotopic (exact) mass is 485 g/mol. The molecule has 0 atom stereocenters. The molecule has 25 heavy (non-hydrogen) atoms. The maximum absolute atomic E-state index is 11.0. The molecule has 0 spiro atoms. The Bertz CT molecular complexity index is 651. The summed E-state index contributed by atoms with van der Waals surface area (Å²) in [6, 6.07) is 6.04. The van der Waals surface area contributed by atoms with Crippen molar-refractivity contribution in [3.63, 3.8) is 0 Å². The molecule has 2 N–H and O–H groups in total. The van der Waals surface area contributed by atoms with E-state index in [2.05, 4.69) is 15.6 Å². The molecule has 0 saturated carbocycles. The van der Waals surface area contributed by atoms with E-state index in [1.165, 1.54) is 6.26 Å². The van der Waals surface area contributed by atoms with Crippen LogP contribution in [0.4, 0.5) is 0 Å². The van der Waals surface area contributed by atoms with Crippen LogP contribution in [0.3, 0.4) is 0 Å². The highest BCUT2D eigenvalue weighted by Gasteiger charge is 2.05. The van der Waals surface area contributed by atoms with E-state index in [1.54, 1.807) is 14.2 Å². The molecule has 1 aromatic rings. The molecular weight excluding hydrogens is 457 g/mol. The Kier molecular flexibility index (Phi) is 11.8. The van der Waals surface area contributed by atoms with Crippen LogP contribution in [0.2, 0.25) is 0 Å². The van der Waals surface area contributed by atoms with Gasteiger partial charge in [0.25, 0.3) is 0 Å². The molecule has 144 valence electrons. The Balaban J connectivity index is 0.00000576. The number of hydrogen-bond donors (Lipinski definition) is 2. The van der Waals surface area contributed by atoms with Crippen molar-refractivity contribution in [2.45, 2.75) is 13.5 Å². The zero-order chi connectivity index (χ0) is 18.0. The molecule has 9 heteroatoms. The van der Waals surface area contributed by atoms with Crippen LogP contribution in [0.1, 0.15) is 11.1 Å². The predicted octanol–water partition coefficient (Wildman–Crippen LogP) is 1.35. The summed E-state index contributed by atoms with van der Waals surface area (Å²) in [5, 5.41) is 6.31. The molecule has 0 unspecified atom stereocenters. The first-order chi connectivity index (χ1) is 11.4. The minimum Gasteiger partial charge on any atom is -0.496 e. The van der Waals surface area contributed by atoms with Crippen molar-refractivity contribution in [1.82, 2.24) is 10.6 Å².